The summed E-state index contributed by atoms with van der Waals surface area (Å²) in [6, 6.07) is 8.80. The van der Waals surface area contributed by atoms with Crippen molar-refractivity contribution in [2.75, 3.05) is 15.8 Å². The van der Waals surface area contributed by atoms with Gasteiger partial charge in [0.05, 0.1) is 22.6 Å². The van der Waals surface area contributed by atoms with Crippen LogP contribution in [-0.4, -0.2) is 20.1 Å². The SMILES string of the molecule is CCS(=O)(=O)Nc1ccc(NC(=O)c2ccccc2C(F)(F)F)cc1C. The van der Waals surface area contributed by atoms with Crippen molar-refractivity contribution < 1.29 is 26.4 Å². The highest BCUT2D eigenvalue weighted by atomic mass is 32.2. The van der Waals surface area contributed by atoms with Gasteiger partial charge in [0, 0.05) is 5.69 Å². The van der Waals surface area contributed by atoms with Crippen molar-refractivity contribution in [3.05, 3.63) is 59.2 Å². The Balaban J connectivity index is 2.25. The number of halogens is 3. The molecule has 2 aromatic rings. The van der Waals surface area contributed by atoms with Gasteiger partial charge in [0.2, 0.25) is 10.0 Å². The minimum Gasteiger partial charge on any atom is -0.322 e. The number of carbonyl (C=O) groups excluding carboxylic acids is 1. The zero-order valence-electron chi connectivity index (χ0n) is 14.0. The van der Waals surface area contributed by atoms with E-state index in [1.54, 1.807) is 6.92 Å². The van der Waals surface area contributed by atoms with Gasteiger partial charge in [-0.3, -0.25) is 9.52 Å². The Labute approximate surface area is 149 Å². The van der Waals surface area contributed by atoms with E-state index in [4.69, 9.17) is 0 Å². The van der Waals surface area contributed by atoms with Gasteiger partial charge < -0.3 is 5.32 Å². The highest BCUT2D eigenvalue weighted by Crippen LogP contribution is 2.32. The lowest BCUT2D eigenvalue weighted by atomic mass is 10.1. The fourth-order valence-electron chi connectivity index (χ4n) is 2.22. The molecule has 0 saturated carbocycles. The molecule has 2 rings (SSSR count). The first-order valence-corrected chi connectivity index (χ1v) is 9.27. The summed E-state index contributed by atoms with van der Waals surface area (Å²) in [5.41, 5.74) is -0.414. The molecular weight excluding hydrogens is 369 g/mol. The van der Waals surface area contributed by atoms with E-state index >= 15 is 0 Å². The molecule has 0 fully saturated rings. The predicted molar refractivity (Wildman–Crippen MR) is 93.7 cm³/mol. The first-order chi connectivity index (χ1) is 12.0. The summed E-state index contributed by atoms with van der Waals surface area (Å²) in [5.74, 6) is -1.00. The van der Waals surface area contributed by atoms with Crippen molar-refractivity contribution in [1.29, 1.82) is 0 Å². The fraction of sp³-hybridized carbons (Fsp3) is 0.235. The third-order valence-electron chi connectivity index (χ3n) is 3.61. The number of amides is 1. The summed E-state index contributed by atoms with van der Waals surface area (Å²) < 4.78 is 64.6. The Kier molecular flexibility index (Phi) is 5.60. The Morgan fingerprint density at radius 1 is 1.12 bits per heavy atom. The number of alkyl halides is 3. The Hall–Kier alpha value is -2.55. The predicted octanol–water partition coefficient (Wildman–Crippen LogP) is 4.03. The molecule has 2 N–H and O–H groups in total. The van der Waals surface area contributed by atoms with Crippen LogP contribution in [0.1, 0.15) is 28.4 Å². The van der Waals surface area contributed by atoms with Gasteiger partial charge >= 0.3 is 6.18 Å². The van der Waals surface area contributed by atoms with Crippen LogP contribution in [-0.2, 0) is 16.2 Å². The summed E-state index contributed by atoms with van der Waals surface area (Å²) in [5, 5.41) is 2.40. The van der Waals surface area contributed by atoms with E-state index in [0.29, 0.717) is 11.3 Å². The second-order valence-electron chi connectivity index (χ2n) is 5.53. The average molecular weight is 386 g/mol. The van der Waals surface area contributed by atoms with E-state index < -0.39 is 33.2 Å². The van der Waals surface area contributed by atoms with Crippen molar-refractivity contribution in [3.8, 4) is 0 Å². The molecule has 140 valence electrons. The van der Waals surface area contributed by atoms with Crippen LogP contribution < -0.4 is 10.0 Å². The largest absolute Gasteiger partial charge is 0.417 e. The third kappa shape index (κ3) is 4.75. The van der Waals surface area contributed by atoms with Crippen LogP contribution >= 0.6 is 0 Å². The Morgan fingerprint density at radius 2 is 1.77 bits per heavy atom. The highest BCUT2D eigenvalue weighted by Gasteiger charge is 2.34. The van der Waals surface area contributed by atoms with E-state index in [-0.39, 0.29) is 11.4 Å². The standard InChI is InChI=1S/C17H17F3N2O3S/c1-3-26(24,25)22-15-9-8-12(10-11(15)2)21-16(23)13-6-4-5-7-14(13)17(18,19)20/h4-10,22H,3H2,1-2H3,(H,21,23). The molecule has 5 nitrogen and oxygen atoms in total. The zero-order valence-corrected chi connectivity index (χ0v) is 14.8. The first kappa shape index (κ1) is 19.8. The summed E-state index contributed by atoms with van der Waals surface area (Å²) >= 11 is 0. The molecule has 2 aromatic carbocycles. The van der Waals surface area contributed by atoms with E-state index in [1.165, 1.54) is 37.3 Å². The number of aryl methyl sites for hydroxylation is 1. The smallest absolute Gasteiger partial charge is 0.322 e. The van der Waals surface area contributed by atoms with Crippen LogP contribution in [0.2, 0.25) is 0 Å². The van der Waals surface area contributed by atoms with Crippen LogP contribution in [0.25, 0.3) is 0 Å². The molecule has 9 heteroatoms. The van der Waals surface area contributed by atoms with Gasteiger partial charge in [-0.2, -0.15) is 13.2 Å². The summed E-state index contributed by atoms with van der Waals surface area (Å²) in [4.78, 5) is 12.2. The van der Waals surface area contributed by atoms with Crippen LogP contribution in [0.15, 0.2) is 42.5 Å². The number of sulfonamides is 1. The summed E-state index contributed by atoms with van der Waals surface area (Å²) in [6.45, 7) is 3.11. The van der Waals surface area contributed by atoms with Gasteiger partial charge in [0.1, 0.15) is 0 Å². The van der Waals surface area contributed by atoms with Crippen LogP contribution in [0.5, 0.6) is 0 Å². The Bertz CT molecular complexity index is 925. The molecule has 26 heavy (non-hydrogen) atoms. The average Bonchev–Trinajstić information content (AvgIpc) is 2.56. The lowest BCUT2D eigenvalue weighted by Gasteiger charge is -2.14. The fourth-order valence-corrected chi connectivity index (χ4v) is 2.93. The van der Waals surface area contributed by atoms with Crippen molar-refractivity contribution in [2.24, 2.45) is 0 Å². The van der Waals surface area contributed by atoms with E-state index in [1.807, 2.05) is 0 Å². The third-order valence-corrected chi connectivity index (χ3v) is 4.90. The monoisotopic (exact) mass is 386 g/mol. The molecular formula is C17H17F3N2O3S. The lowest BCUT2D eigenvalue weighted by molar-refractivity contribution is -0.137. The first-order valence-electron chi connectivity index (χ1n) is 7.62. The number of nitrogens with one attached hydrogen (secondary N) is 2. The summed E-state index contributed by atoms with van der Waals surface area (Å²) in [7, 11) is -3.46. The van der Waals surface area contributed by atoms with E-state index in [0.717, 1.165) is 12.1 Å². The molecule has 0 saturated heterocycles. The van der Waals surface area contributed by atoms with Crippen molar-refractivity contribution in [2.45, 2.75) is 20.0 Å². The minimum absolute atomic E-state index is 0.0981. The highest BCUT2D eigenvalue weighted by molar-refractivity contribution is 7.92. The molecule has 0 aromatic heterocycles. The molecule has 0 radical (unpaired) electrons. The van der Waals surface area contributed by atoms with Gasteiger partial charge in [-0.15, -0.1) is 0 Å². The number of rotatable bonds is 5. The van der Waals surface area contributed by atoms with Crippen LogP contribution in [0, 0.1) is 6.92 Å². The van der Waals surface area contributed by atoms with Crippen molar-refractivity contribution in [1.82, 2.24) is 0 Å². The number of carbonyl (C=O) groups is 1. The molecule has 0 spiro atoms. The van der Waals surface area contributed by atoms with Gasteiger partial charge in [0.25, 0.3) is 5.91 Å². The molecule has 0 aliphatic heterocycles. The zero-order chi connectivity index (χ0) is 19.5. The maximum atomic E-state index is 13.0. The topological polar surface area (TPSA) is 75.3 Å². The normalized spacial score (nSPS) is 11.9. The molecule has 0 aliphatic rings. The Morgan fingerprint density at radius 3 is 2.35 bits per heavy atom. The number of anilines is 2. The number of hydrogen-bond acceptors (Lipinski definition) is 3. The molecule has 0 aliphatic carbocycles. The van der Waals surface area contributed by atoms with Crippen LogP contribution in [0.3, 0.4) is 0 Å². The molecule has 0 heterocycles. The maximum absolute atomic E-state index is 13.0. The van der Waals surface area contributed by atoms with Crippen molar-refractivity contribution in [3.63, 3.8) is 0 Å². The van der Waals surface area contributed by atoms with E-state index in [2.05, 4.69) is 10.0 Å². The van der Waals surface area contributed by atoms with Crippen LogP contribution in [0.4, 0.5) is 24.5 Å². The molecule has 1 amide bonds. The second-order valence-corrected chi connectivity index (χ2v) is 7.54. The quantitative estimate of drug-likeness (QED) is 0.815. The van der Waals surface area contributed by atoms with Gasteiger partial charge in [-0.05, 0) is 49.7 Å². The van der Waals surface area contributed by atoms with Gasteiger partial charge in [-0.1, -0.05) is 12.1 Å². The van der Waals surface area contributed by atoms with Gasteiger partial charge in [0.15, 0.2) is 0 Å². The minimum atomic E-state index is -4.65. The molecule has 0 bridgehead atoms. The van der Waals surface area contributed by atoms with Crippen molar-refractivity contribution >= 4 is 27.3 Å². The number of benzene rings is 2. The maximum Gasteiger partial charge on any atom is 0.417 e. The lowest BCUT2D eigenvalue weighted by Crippen LogP contribution is -2.19. The second kappa shape index (κ2) is 7.36. The summed E-state index contributed by atoms with van der Waals surface area (Å²) in [6.07, 6.45) is -4.65. The molecule has 0 unspecified atom stereocenters. The molecule has 0 atom stereocenters. The number of hydrogen-bond donors (Lipinski definition) is 2. The van der Waals surface area contributed by atoms with Gasteiger partial charge in [-0.25, -0.2) is 8.42 Å². The van der Waals surface area contributed by atoms with E-state index in [9.17, 15) is 26.4 Å².